The highest BCUT2D eigenvalue weighted by atomic mass is 79.9. The third kappa shape index (κ3) is 6.72. The average Bonchev–Trinajstić information content (AvgIpc) is 3.08. The molecule has 0 aromatic heterocycles. The molecule has 1 fully saturated rings. The zero-order chi connectivity index (χ0) is 25.8. The molecule has 0 spiro atoms. The highest BCUT2D eigenvalue weighted by molar-refractivity contribution is 9.10. The number of halogens is 4. The van der Waals surface area contributed by atoms with Crippen molar-refractivity contribution in [3.05, 3.63) is 95.7 Å². The van der Waals surface area contributed by atoms with E-state index in [1.807, 2.05) is 0 Å². The van der Waals surface area contributed by atoms with Gasteiger partial charge >= 0.3 is 0 Å². The van der Waals surface area contributed by atoms with Crippen molar-refractivity contribution in [1.82, 2.24) is 4.90 Å². The van der Waals surface area contributed by atoms with E-state index in [4.69, 9.17) is 27.9 Å². The van der Waals surface area contributed by atoms with Crippen LogP contribution in [0.25, 0.3) is 6.08 Å². The summed E-state index contributed by atoms with van der Waals surface area (Å²) in [6, 6.07) is 17.4. The Morgan fingerprint density at radius 2 is 1.78 bits per heavy atom. The molecule has 11 heteroatoms. The van der Waals surface area contributed by atoms with E-state index in [1.54, 1.807) is 66.7 Å². The molecule has 4 rings (SSSR count). The number of carbonyl (C=O) groups is 3. The molecule has 6 nitrogen and oxygen atoms in total. The maximum atomic E-state index is 12.8. The number of rotatable bonds is 7. The summed E-state index contributed by atoms with van der Waals surface area (Å²) >= 11 is 19.7. The van der Waals surface area contributed by atoms with E-state index < -0.39 is 17.1 Å². The second-order valence-electron chi connectivity index (χ2n) is 7.54. The van der Waals surface area contributed by atoms with Crippen molar-refractivity contribution in [2.24, 2.45) is 0 Å². The number of imide groups is 1. The Kier molecular flexibility index (Phi) is 8.79. The third-order valence-electron chi connectivity index (χ3n) is 4.96. The molecule has 3 amide bonds. The van der Waals surface area contributed by atoms with Crippen molar-refractivity contribution in [3.63, 3.8) is 0 Å². The minimum absolute atomic E-state index is 0.227. The van der Waals surface area contributed by atoms with Gasteiger partial charge in [0.25, 0.3) is 11.1 Å². The molecule has 0 radical (unpaired) electrons. The van der Waals surface area contributed by atoms with Crippen molar-refractivity contribution in [3.8, 4) is 5.75 Å². The summed E-state index contributed by atoms with van der Waals surface area (Å²) in [5.41, 5.74) is 2.04. The smallest absolute Gasteiger partial charge is 0.294 e. The number of ether oxygens (including phenoxy) is 1. The Morgan fingerprint density at radius 1 is 1.03 bits per heavy atom. The number of nitrogens with zero attached hydrogens (tertiary/aromatic N) is 1. The summed E-state index contributed by atoms with van der Waals surface area (Å²) in [5.74, 6) is -0.411. The van der Waals surface area contributed by atoms with E-state index >= 15 is 0 Å². The van der Waals surface area contributed by atoms with Crippen molar-refractivity contribution in [2.75, 3.05) is 11.9 Å². The Labute approximate surface area is 238 Å². The zero-order valence-corrected chi connectivity index (χ0v) is 23.8. The normalized spacial score (nSPS) is 14.4. The summed E-state index contributed by atoms with van der Waals surface area (Å²) in [6.45, 7) is -0.128. The number of nitrogens with one attached hydrogen (secondary N) is 1. The van der Waals surface area contributed by atoms with E-state index in [0.29, 0.717) is 31.5 Å². The fraction of sp³-hybridized carbons (Fsp3) is 0.0800. The number of hydrogen-bond acceptors (Lipinski definition) is 5. The first-order chi connectivity index (χ1) is 17.2. The lowest BCUT2D eigenvalue weighted by Gasteiger charge is -2.12. The second-order valence-corrected chi connectivity index (χ2v) is 11.1. The van der Waals surface area contributed by atoms with Gasteiger partial charge in [-0.2, -0.15) is 0 Å². The molecule has 3 aromatic carbocycles. The summed E-state index contributed by atoms with van der Waals surface area (Å²) < 4.78 is 7.38. The third-order valence-corrected chi connectivity index (χ3v) is 7.60. The minimum atomic E-state index is -0.523. The minimum Gasteiger partial charge on any atom is -0.488 e. The first kappa shape index (κ1) is 26.8. The summed E-state index contributed by atoms with van der Waals surface area (Å²) in [4.78, 5) is 38.7. The van der Waals surface area contributed by atoms with Gasteiger partial charge < -0.3 is 10.1 Å². The Morgan fingerprint density at radius 3 is 2.47 bits per heavy atom. The molecule has 1 heterocycles. The van der Waals surface area contributed by atoms with Crippen molar-refractivity contribution in [1.29, 1.82) is 0 Å². The molecular weight excluding hydrogens is 655 g/mol. The number of thioether (sulfide) groups is 1. The second kappa shape index (κ2) is 11.8. The van der Waals surface area contributed by atoms with Crippen LogP contribution >= 0.6 is 66.8 Å². The molecule has 1 N–H and O–H groups in total. The lowest BCUT2D eigenvalue weighted by atomic mass is 10.2. The lowest BCUT2D eigenvalue weighted by Crippen LogP contribution is -2.36. The Hall–Kier alpha value is -2.30. The molecule has 0 saturated carbocycles. The van der Waals surface area contributed by atoms with E-state index in [1.165, 1.54) is 0 Å². The number of amides is 3. The van der Waals surface area contributed by atoms with Gasteiger partial charge in [-0.15, -0.1) is 0 Å². The van der Waals surface area contributed by atoms with Crippen molar-refractivity contribution in [2.45, 2.75) is 6.61 Å². The average molecular weight is 671 g/mol. The van der Waals surface area contributed by atoms with Crippen LogP contribution in [0.2, 0.25) is 10.0 Å². The first-order valence-electron chi connectivity index (χ1n) is 10.4. The maximum Gasteiger partial charge on any atom is 0.294 e. The molecule has 0 unspecified atom stereocenters. The van der Waals surface area contributed by atoms with Crippen LogP contribution in [0.1, 0.15) is 11.1 Å². The van der Waals surface area contributed by atoms with E-state index in [-0.39, 0.29) is 18.1 Å². The number of benzene rings is 3. The fourth-order valence-electron chi connectivity index (χ4n) is 3.18. The summed E-state index contributed by atoms with van der Waals surface area (Å²) in [7, 11) is 0. The maximum absolute atomic E-state index is 12.8. The predicted octanol–water partition coefficient (Wildman–Crippen LogP) is 7.77. The highest BCUT2D eigenvalue weighted by Crippen LogP contribution is 2.34. The highest BCUT2D eigenvalue weighted by Gasteiger charge is 2.36. The van der Waals surface area contributed by atoms with Gasteiger partial charge in [-0.3, -0.25) is 19.3 Å². The van der Waals surface area contributed by atoms with Crippen LogP contribution in [-0.4, -0.2) is 28.5 Å². The van der Waals surface area contributed by atoms with Crippen molar-refractivity contribution >= 4 is 95.6 Å². The van der Waals surface area contributed by atoms with Gasteiger partial charge in [0.2, 0.25) is 5.91 Å². The molecule has 184 valence electrons. The zero-order valence-electron chi connectivity index (χ0n) is 18.3. The van der Waals surface area contributed by atoms with E-state index in [0.717, 1.165) is 26.7 Å². The Balaban J connectivity index is 1.40. The van der Waals surface area contributed by atoms with Crippen LogP contribution < -0.4 is 10.1 Å². The largest absolute Gasteiger partial charge is 0.488 e. The van der Waals surface area contributed by atoms with E-state index in [9.17, 15) is 14.4 Å². The van der Waals surface area contributed by atoms with Crippen molar-refractivity contribution < 1.29 is 19.1 Å². The number of anilines is 1. The first-order valence-corrected chi connectivity index (χ1v) is 13.5. The van der Waals surface area contributed by atoms with Gasteiger partial charge in [0.05, 0.1) is 9.38 Å². The molecule has 1 aliphatic rings. The van der Waals surface area contributed by atoms with Gasteiger partial charge in [-0.25, -0.2) is 0 Å². The van der Waals surface area contributed by atoms with Crippen LogP contribution in [0.5, 0.6) is 5.75 Å². The number of hydrogen-bond donors (Lipinski definition) is 1. The van der Waals surface area contributed by atoms with Crippen LogP contribution in [-0.2, 0) is 16.2 Å². The van der Waals surface area contributed by atoms with Gasteiger partial charge in [0.1, 0.15) is 18.9 Å². The standard InChI is InChI=1S/C25H16Br2Cl2N2O4S/c26-16-3-6-18(7-4-16)30-23(32)12-31-24(33)22(36-25(31)34)10-14-1-8-21(19(27)9-14)35-13-15-2-5-17(28)11-20(15)29/h1-11H,12-13H2,(H,30,32)/b22-10+. The molecule has 1 saturated heterocycles. The quantitative estimate of drug-likeness (QED) is 0.260. The molecule has 36 heavy (non-hydrogen) atoms. The van der Waals surface area contributed by atoms with Crippen LogP contribution in [0.15, 0.2) is 74.5 Å². The van der Waals surface area contributed by atoms with Gasteiger partial charge in [-0.1, -0.05) is 51.3 Å². The molecule has 0 atom stereocenters. The van der Waals surface area contributed by atoms with Gasteiger partial charge in [0, 0.05) is 25.8 Å². The molecular formula is C25H16Br2Cl2N2O4S. The Bertz CT molecular complexity index is 1380. The van der Waals surface area contributed by atoms with E-state index in [2.05, 4.69) is 37.2 Å². The van der Waals surface area contributed by atoms with Crippen LogP contribution in [0, 0.1) is 0 Å². The number of carbonyl (C=O) groups excluding carboxylic acids is 3. The van der Waals surface area contributed by atoms with Gasteiger partial charge in [-0.05, 0) is 87.9 Å². The molecule has 1 aliphatic heterocycles. The molecule has 0 bridgehead atoms. The SMILES string of the molecule is O=C(CN1C(=O)S/C(=C/c2ccc(OCc3ccc(Cl)cc3Cl)c(Br)c2)C1=O)Nc1ccc(Br)cc1. The monoisotopic (exact) mass is 668 g/mol. The molecule has 3 aromatic rings. The fourth-order valence-corrected chi connectivity index (χ4v) is 5.26. The summed E-state index contributed by atoms with van der Waals surface area (Å²) in [6.07, 6.45) is 1.60. The topological polar surface area (TPSA) is 75.7 Å². The summed E-state index contributed by atoms with van der Waals surface area (Å²) in [5, 5.41) is 3.23. The lowest BCUT2D eigenvalue weighted by molar-refractivity contribution is -0.127. The van der Waals surface area contributed by atoms with Gasteiger partial charge in [0.15, 0.2) is 0 Å². The molecule has 0 aliphatic carbocycles. The predicted molar refractivity (Wildman–Crippen MR) is 150 cm³/mol. The van der Waals surface area contributed by atoms with Crippen LogP contribution in [0.3, 0.4) is 0 Å². The van der Waals surface area contributed by atoms with Crippen LogP contribution in [0.4, 0.5) is 10.5 Å².